The molecule has 2 aromatic rings. The van der Waals surface area contributed by atoms with Gasteiger partial charge in [0.15, 0.2) is 5.41 Å². The first-order valence-electron chi connectivity index (χ1n) is 11.6. The largest absolute Gasteiger partial charge is 0.422 e. The molecule has 5 rings (SSSR count). The van der Waals surface area contributed by atoms with Gasteiger partial charge in [-0.1, -0.05) is 0 Å². The Kier molecular flexibility index (Phi) is 6.08. The molecule has 2 aliphatic heterocycles. The summed E-state index contributed by atoms with van der Waals surface area (Å²) in [7, 11) is 0. The average molecular weight is 542 g/mol. The molecular formula is C22H20F6N8O2. The highest BCUT2D eigenvalue weighted by atomic mass is 19.4. The number of rotatable bonds is 3. The summed E-state index contributed by atoms with van der Waals surface area (Å²) in [6.45, 7) is 0.868. The van der Waals surface area contributed by atoms with Crippen LogP contribution in [0.4, 0.5) is 32.3 Å². The lowest BCUT2D eigenvalue weighted by Gasteiger charge is -2.49. The first-order chi connectivity index (χ1) is 17.8. The second kappa shape index (κ2) is 8.93. The van der Waals surface area contributed by atoms with E-state index in [0.29, 0.717) is 12.4 Å². The number of hydrogen-bond acceptors (Lipinski definition) is 8. The van der Waals surface area contributed by atoms with Crippen LogP contribution in [-0.4, -0.2) is 75.1 Å². The van der Waals surface area contributed by atoms with Crippen molar-refractivity contribution >= 4 is 11.9 Å². The van der Waals surface area contributed by atoms with Gasteiger partial charge in [-0.3, -0.25) is 14.5 Å². The Labute approximate surface area is 210 Å². The topological polar surface area (TPSA) is 122 Å². The molecule has 0 radical (unpaired) electrons. The van der Waals surface area contributed by atoms with Gasteiger partial charge in [-0.25, -0.2) is 15.1 Å². The molecule has 1 amide bonds. The van der Waals surface area contributed by atoms with Gasteiger partial charge in [0.1, 0.15) is 5.56 Å². The fourth-order valence-electron chi connectivity index (χ4n) is 5.27. The van der Waals surface area contributed by atoms with E-state index in [4.69, 9.17) is 0 Å². The number of alkyl halides is 6. The highest BCUT2D eigenvalue weighted by Gasteiger charge is 2.55. The molecule has 2 aromatic heterocycles. The summed E-state index contributed by atoms with van der Waals surface area (Å²) in [5.74, 6) is -0.327. The van der Waals surface area contributed by atoms with E-state index >= 15 is 0 Å². The Balaban J connectivity index is 1.23. The third-order valence-electron chi connectivity index (χ3n) is 7.21. The summed E-state index contributed by atoms with van der Waals surface area (Å²) < 4.78 is 78.4. The maximum Gasteiger partial charge on any atom is 0.422 e. The van der Waals surface area contributed by atoms with Crippen molar-refractivity contribution < 1.29 is 31.1 Å². The lowest BCUT2D eigenvalue weighted by atomic mass is 9.78. The molecule has 0 spiro atoms. The lowest BCUT2D eigenvalue weighted by Crippen LogP contribution is -2.65. The number of anilines is 1. The Bertz CT molecular complexity index is 1340. The number of nitrogens with zero attached hydrogens (tertiary/aromatic N) is 7. The van der Waals surface area contributed by atoms with E-state index in [1.807, 2.05) is 5.10 Å². The molecule has 2 fully saturated rings. The Morgan fingerprint density at radius 2 is 1.68 bits per heavy atom. The smallest absolute Gasteiger partial charge is 0.338 e. The monoisotopic (exact) mass is 542 g/mol. The number of aromatic nitrogens is 4. The van der Waals surface area contributed by atoms with Crippen molar-refractivity contribution in [2.45, 2.75) is 31.2 Å². The summed E-state index contributed by atoms with van der Waals surface area (Å²) >= 11 is 0. The van der Waals surface area contributed by atoms with Gasteiger partial charge in [0.25, 0.3) is 5.56 Å². The Morgan fingerprint density at radius 3 is 2.24 bits per heavy atom. The van der Waals surface area contributed by atoms with E-state index in [1.54, 1.807) is 9.80 Å². The zero-order valence-electron chi connectivity index (χ0n) is 19.6. The first-order valence-corrected chi connectivity index (χ1v) is 11.6. The molecular weight excluding hydrogens is 522 g/mol. The predicted octanol–water partition coefficient (Wildman–Crippen LogP) is 1.76. The summed E-state index contributed by atoms with van der Waals surface area (Å²) in [6.07, 6.45) is -7.73. The molecule has 4 heterocycles. The quantitative estimate of drug-likeness (QED) is 0.583. The van der Waals surface area contributed by atoms with Gasteiger partial charge in [-0.15, -0.1) is 0 Å². The molecule has 1 unspecified atom stereocenters. The molecule has 3 aliphatic rings. The molecule has 0 saturated carbocycles. The molecule has 1 N–H and O–H groups in total. The molecule has 1 aliphatic carbocycles. The molecule has 0 bridgehead atoms. The standard InChI is InChI=1S/C22H20F6N8O2/c23-21(24,25)12-7-30-19(31-8-12)35-5-3-34(4-6-35)18(38)20(9-29)10-36(11-20)14-2-1-13-15(22(26,27)28)17(37)33-32-16(13)14/h7-8,14H,1-6,10-11H2,(H,33,37). The van der Waals surface area contributed by atoms with E-state index in [2.05, 4.69) is 21.1 Å². The van der Waals surface area contributed by atoms with Crippen LogP contribution in [0.15, 0.2) is 17.2 Å². The zero-order valence-corrected chi connectivity index (χ0v) is 19.6. The average Bonchev–Trinajstić information content (AvgIpc) is 3.25. The number of aromatic amines is 1. The maximum absolute atomic E-state index is 13.4. The number of likely N-dealkylation sites (tertiary alicyclic amines) is 1. The minimum absolute atomic E-state index is 0.00315. The van der Waals surface area contributed by atoms with E-state index in [-0.39, 0.29) is 69.3 Å². The minimum atomic E-state index is -4.83. The third-order valence-corrected chi connectivity index (χ3v) is 7.21. The van der Waals surface area contributed by atoms with Crippen LogP contribution >= 0.6 is 0 Å². The van der Waals surface area contributed by atoms with Gasteiger partial charge >= 0.3 is 12.4 Å². The van der Waals surface area contributed by atoms with Gasteiger partial charge in [-0.05, 0) is 18.4 Å². The predicted molar refractivity (Wildman–Crippen MR) is 116 cm³/mol. The van der Waals surface area contributed by atoms with Crippen molar-refractivity contribution in [3.05, 3.63) is 45.1 Å². The van der Waals surface area contributed by atoms with Crippen LogP contribution in [0.2, 0.25) is 0 Å². The number of amides is 1. The van der Waals surface area contributed by atoms with Crippen molar-refractivity contribution in [2.24, 2.45) is 5.41 Å². The summed E-state index contributed by atoms with van der Waals surface area (Å²) in [5, 5.41) is 15.6. The second-order valence-corrected chi connectivity index (χ2v) is 9.49. The van der Waals surface area contributed by atoms with E-state index in [0.717, 1.165) is 0 Å². The number of carbonyl (C=O) groups is 1. The molecule has 202 valence electrons. The maximum atomic E-state index is 13.4. The number of carbonyl (C=O) groups excluding carboxylic acids is 1. The zero-order chi connectivity index (χ0) is 27.5. The number of piperazine rings is 1. The number of nitrogens with one attached hydrogen (secondary N) is 1. The van der Waals surface area contributed by atoms with Crippen LogP contribution in [0.3, 0.4) is 0 Å². The van der Waals surface area contributed by atoms with Gasteiger partial charge < -0.3 is 9.80 Å². The van der Waals surface area contributed by atoms with Crippen molar-refractivity contribution in [1.82, 2.24) is 30.0 Å². The fourth-order valence-corrected chi connectivity index (χ4v) is 5.27. The van der Waals surface area contributed by atoms with Crippen LogP contribution in [-0.2, 0) is 23.6 Å². The van der Waals surface area contributed by atoms with Crippen LogP contribution in [0.1, 0.15) is 34.8 Å². The van der Waals surface area contributed by atoms with Crippen LogP contribution in [0.25, 0.3) is 0 Å². The molecule has 1 atom stereocenters. The number of fused-ring (bicyclic) bond motifs is 1. The lowest BCUT2D eigenvalue weighted by molar-refractivity contribution is -0.149. The highest BCUT2D eigenvalue weighted by molar-refractivity contribution is 5.87. The van der Waals surface area contributed by atoms with Crippen LogP contribution < -0.4 is 10.5 Å². The molecule has 0 aromatic carbocycles. The normalized spacial score (nSPS) is 21.6. The Morgan fingerprint density at radius 1 is 1.05 bits per heavy atom. The third kappa shape index (κ3) is 4.34. The van der Waals surface area contributed by atoms with E-state index in [9.17, 15) is 41.2 Å². The Hall–Kier alpha value is -3.74. The number of H-pyrrole nitrogens is 1. The molecule has 10 nitrogen and oxygen atoms in total. The van der Waals surface area contributed by atoms with Crippen LogP contribution in [0.5, 0.6) is 0 Å². The van der Waals surface area contributed by atoms with Gasteiger partial charge in [0.05, 0.1) is 23.4 Å². The van der Waals surface area contributed by atoms with Crippen molar-refractivity contribution in [3.63, 3.8) is 0 Å². The van der Waals surface area contributed by atoms with Gasteiger partial charge in [0, 0.05) is 51.7 Å². The molecule has 16 heteroatoms. The van der Waals surface area contributed by atoms with E-state index in [1.165, 1.54) is 4.90 Å². The number of nitriles is 1. The fraction of sp³-hybridized carbons (Fsp3) is 0.545. The molecule has 38 heavy (non-hydrogen) atoms. The van der Waals surface area contributed by atoms with Gasteiger partial charge in [-0.2, -0.15) is 36.7 Å². The summed E-state index contributed by atoms with van der Waals surface area (Å²) in [4.78, 5) is 37.4. The number of hydrogen-bond donors (Lipinski definition) is 1. The highest BCUT2D eigenvalue weighted by Crippen LogP contribution is 2.45. The second-order valence-electron chi connectivity index (χ2n) is 9.49. The first kappa shape index (κ1) is 25.9. The van der Waals surface area contributed by atoms with Crippen molar-refractivity contribution in [1.29, 1.82) is 5.26 Å². The van der Waals surface area contributed by atoms with Crippen LogP contribution in [0, 0.1) is 16.7 Å². The van der Waals surface area contributed by atoms with Crippen molar-refractivity contribution in [3.8, 4) is 6.07 Å². The van der Waals surface area contributed by atoms with E-state index < -0.39 is 46.4 Å². The summed E-state index contributed by atoms with van der Waals surface area (Å²) in [6, 6.07) is 1.50. The molecule has 2 saturated heterocycles. The SMILES string of the molecule is N#CC1(C(=O)N2CCN(c3ncc(C(F)(F)F)cn3)CC2)CN(C2CCc3c2n[nH]c(=O)c3C(F)(F)F)C1. The van der Waals surface area contributed by atoms with Gasteiger partial charge in [0.2, 0.25) is 11.9 Å². The summed E-state index contributed by atoms with van der Waals surface area (Å²) in [5.41, 5.74) is -4.98. The number of halogens is 6. The van der Waals surface area contributed by atoms with Crippen molar-refractivity contribution in [2.75, 3.05) is 44.2 Å². The minimum Gasteiger partial charge on any atom is -0.338 e.